The molecule has 0 aliphatic heterocycles. The molecule has 0 aliphatic carbocycles. The molecule has 2 rings (SSSR count). The van der Waals surface area contributed by atoms with E-state index in [1.54, 1.807) is 13.0 Å². The lowest BCUT2D eigenvalue weighted by atomic mass is 9.97. The van der Waals surface area contributed by atoms with Gasteiger partial charge in [-0.2, -0.15) is 0 Å². The minimum atomic E-state index is -0.934. The Hall–Kier alpha value is -2.89. The van der Waals surface area contributed by atoms with Crippen LogP contribution < -0.4 is 10.9 Å². The predicted molar refractivity (Wildman–Crippen MR) is 89.8 cm³/mol. The van der Waals surface area contributed by atoms with Crippen molar-refractivity contribution < 1.29 is 14.3 Å². The summed E-state index contributed by atoms with van der Waals surface area (Å²) in [6.07, 6.45) is 1.38. The molecule has 0 saturated carbocycles. The van der Waals surface area contributed by atoms with E-state index in [0.29, 0.717) is 5.56 Å². The number of benzene rings is 1. The number of aryl methyl sites for hydroxylation is 1. The van der Waals surface area contributed by atoms with Crippen LogP contribution in [0.3, 0.4) is 0 Å². The Labute approximate surface area is 139 Å². The van der Waals surface area contributed by atoms with Crippen LogP contribution in [0.1, 0.15) is 40.0 Å². The van der Waals surface area contributed by atoms with Crippen molar-refractivity contribution in [2.45, 2.75) is 26.8 Å². The first kappa shape index (κ1) is 17.5. The Morgan fingerprint density at radius 2 is 2.00 bits per heavy atom. The van der Waals surface area contributed by atoms with Crippen LogP contribution in [0.4, 0.5) is 0 Å². The third-order valence-corrected chi connectivity index (χ3v) is 3.79. The van der Waals surface area contributed by atoms with Crippen molar-refractivity contribution in [3.63, 3.8) is 0 Å². The predicted octanol–water partition coefficient (Wildman–Crippen LogP) is 2.03. The maximum absolute atomic E-state index is 12.4. The molecule has 1 aromatic carbocycles. The first-order valence-electron chi connectivity index (χ1n) is 7.66. The molecule has 1 aromatic heterocycles. The van der Waals surface area contributed by atoms with E-state index in [-0.39, 0.29) is 17.7 Å². The lowest BCUT2D eigenvalue weighted by molar-refractivity contribution is -0.145. The summed E-state index contributed by atoms with van der Waals surface area (Å²) in [6, 6.07) is 7.25. The number of carbonyl (C=O) groups is 2. The van der Waals surface area contributed by atoms with Gasteiger partial charge in [-0.3, -0.25) is 9.59 Å². The van der Waals surface area contributed by atoms with E-state index in [1.165, 1.54) is 18.3 Å². The zero-order chi connectivity index (χ0) is 17.7. The molecule has 126 valence electrons. The minimum Gasteiger partial charge on any atom is -0.464 e. The Morgan fingerprint density at radius 1 is 1.25 bits per heavy atom. The van der Waals surface area contributed by atoms with Gasteiger partial charge >= 0.3 is 5.97 Å². The number of ether oxygens (including phenoxy) is 1. The van der Waals surface area contributed by atoms with Crippen molar-refractivity contribution in [3.8, 4) is 0 Å². The summed E-state index contributed by atoms with van der Waals surface area (Å²) in [4.78, 5) is 38.6. The number of carbonyl (C=O) groups excluding carboxylic acids is 2. The highest BCUT2D eigenvalue weighted by Crippen LogP contribution is 2.22. The van der Waals surface area contributed by atoms with Gasteiger partial charge < -0.3 is 15.0 Å². The molecule has 0 fully saturated rings. The molecule has 1 atom stereocenters. The van der Waals surface area contributed by atoms with Crippen molar-refractivity contribution in [1.29, 1.82) is 0 Å². The monoisotopic (exact) mass is 328 g/mol. The highest BCUT2D eigenvalue weighted by molar-refractivity contribution is 5.97. The molecule has 0 unspecified atom stereocenters. The van der Waals surface area contributed by atoms with Crippen LogP contribution in [0.2, 0.25) is 0 Å². The van der Waals surface area contributed by atoms with Gasteiger partial charge in [0, 0.05) is 17.8 Å². The molecule has 6 nitrogen and oxygen atoms in total. The number of hydrogen-bond acceptors (Lipinski definition) is 4. The van der Waals surface area contributed by atoms with Gasteiger partial charge in [-0.25, -0.2) is 4.79 Å². The maximum atomic E-state index is 12.4. The van der Waals surface area contributed by atoms with E-state index in [2.05, 4.69) is 10.3 Å². The van der Waals surface area contributed by atoms with E-state index in [4.69, 9.17) is 4.74 Å². The van der Waals surface area contributed by atoms with E-state index in [9.17, 15) is 14.4 Å². The molecule has 2 aromatic rings. The average Bonchev–Trinajstić information content (AvgIpc) is 2.55. The van der Waals surface area contributed by atoms with Gasteiger partial charge in [0.1, 0.15) is 0 Å². The van der Waals surface area contributed by atoms with Crippen molar-refractivity contribution in [2.24, 2.45) is 0 Å². The molecule has 0 bridgehead atoms. The van der Waals surface area contributed by atoms with E-state index < -0.39 is 17.9 Å². The Kier molecular flexibility index (Phi) is 5.52. The fraction of sp³-hybridized carbons (Fsp3) is 0.278. The second kappa shape index (κ2) is 7.59. The van der Waals surface area contributed by atoms with Crippen LogP contribution in [0.25, 0.3) is 0 Å². The van der Waals surface area contributed by atoms with Crippen LogP contribution >= 0.6 is 0 Å². The third-order valence-electron chi connectivity index (χ3n) is 3.79. The molecule has 24 heavy (non-hydrogen) atoms. The van der Waals surface area contributed by atoms with Gasteiger partial charge in [0.25, 0.3) is 5.91 Å². The number of nitrogens with one attached hydrogen (secondary N) is 2. The number of H-pyrrole nitrogens is 1. The molecule has 0 radical (unpaired) electrons. The van der Waals surface area contributed by atoms with E-state index in [0.717, 1.165) is 11.1 Å². The van der Waals surface area contributed by atoms with Crippen molar-refractivity contribution in [1.82, 2.24) is 10.3 Å². The molecular weight excluding hydrogens is 308 g/mol. The molecule has 6 heteroatoms. The molecule has 1 heterocycles. The van der Waals surface area contributed by atoms with Crippen molar-refractivity contribution in [3.05, 3.63) is 69.1 Å². The van der Waals surface area contributed by atoms with Crippen LogP contribution in [-0.4, -0.2) is 23.5 Å². The van der Waals surface area contributed by atoms with Crippen LogP contribution in [0, 0.1) is 13.8 Å². The number of aromatic amines is 1. The smallest absolute Gasteiger partial charge is 0.333 e. The van der Waals surface area contributed by atoms with Gasteiger partial charge in [-0.05, 0) is 43.5 Å². The molecule has 0 saturated heterocycles. The lowest BCUT2D eigenvalue weighted by Crippen LogP contribution is -2.36. The lowest BCUT2D eigenvalue weighted by Gasteiger charge is -2.20. The number of aromatic nitrogens is 1. The fourth-order valence-corrected chi connectivity index (χ4v) is 2.38. The Balaban J connectivity index is 2.37. The van der Waals surface area contributed by atoms with Crippen LogP contribution in [0.5, 0.6) is 0 Å². The Morgan fingerprint density at radius 3 is 2.67 bits per heavy atom. The second-order valence-electron chi connectivity index (χ2n) is 5.39. The number of pyridine rings is 1. The number of hydrogen-bond donors (Lipinski definition) is 2. The Bertz CT molecular complexity index is 811. The summed E-state index contributed by atoms with van der Waals surface area (Å²) in [5, 5.41) is 2.66. The SMILES string of the molecule is CCOC(=O)[C@H](NC(=O)c1cc[nH]c(=O)c1)c1cccc(C)c1C. The summed E-state index contributed by atoms with van der Waals surface area (Å²) >= 11 is 0. The normalized spacial score (nSPS) is 11.6. The van der Waals surface area contributed by atoms with Gasteiger partial charge in [0.2, 0.25) is 5.56 Å². The van der Waals surface area contributed by atoms with Gasteiger partial charge in [-0.1, -0.05) is 18.2 Å². The quantitative estimate of drug-likeness (QED) is 0.822. The second-order valence-corrected chi connectivity index (χ2v) is 5.39. The largest absolute Gasteiger partial charge is 0.464 e. The van der Waals surface area contributed by atoms with Gasteiger partial charge in [0.05, 0.1) is 6.61 Å². The number of esters is 1. The first-order chi connectivity index (χ1) is 11.4. The molecule has 2 N–H and O–H groups in total. The summed E-state index contributed by atoms with van der Waals surface area (Å²) in [5.74, 6) is -1.05. The highest BCUT2D eigenvalue weighted by atomic mass is 16.5. The first-order valence-corrected chi connectivity index (χ1v) is 7.66. The molecule has 0 spiro atoms. The highest BCUT2D eigenvalue weighted by Gasteiger charge is 2.26. The van der Waals surface area contributed by atoms with E-state index in [1.807, 2.05) is 26.0 Å². The van der Waals surface area contributed by atoms with Crippen molar-refractivity contribution >= 4 is 11.9 Å². The van der Waals surface area contributed by atoms with Gasteiger partial charge in [-0.15, -0.1) is 0 Å². The third kappa shape index (κ3) is 3.90. The zero-order valence-electron chi connectivity index (χ0n) is 13.9. The minimum absolute atomic E-state index is 0.179. The summed E-state index contributed by atoms with van der Waals surface area (Å²) in [6.45, 7) is 5.73. The zero-order valence-corrected chi connectivity index (χ0v) is 13.9. The summed E-state index contributed by atoms with van der Waals surface area (Å²) < 4.78 is 5.09. The molecule has 0 aliphatic rings. The molecule has 1 amide bonds. The maximum Gasteiger partial charge on any atom is 0.333 e. The standard InChI is InChI=1S/C18H20N2O4/c1-4-24-18(23)16(14-7-5-6-11(2)12(14)3)20-17(22)13-8-9-19-15(21)10-13/h5-10,16H,4H2,1-3H3,(H,19,21)(H,20,22)/t16-/m1/s1. The van der Waals surface area contributed by atoms with Gasteiger partial charge in [0.15, 0.2) is 6.04 Å². The average molecular weight is 328 g/mol. The number of rotatable bonds is 5. The van der Waals surface area contributed by atoms with E-state index >= 15 is 0 Å². The topological polar surface area (TPSA) is 88.3 Å². The van der Waals surface area contributed by atoms with Crippen LogP contribution in [-0.2, 0) is 9.53 Å². The number of amides is 1. The summed E-state index contributed by atoms with van der Waals surface area (Å²) in [5.41, 5.74) is 2.38. The fourth-order valence-electron chi connectivity index (χ4n) is 2.38. The molecular formula is C18H20N2O4. The van der Waals surface area contributed by atoms with Crippen LogP contribution in [0.15, 0.2) is 41.3 Å². The summed E-state index contributed by atoms with van der Waals surface area (Å²) in [7, 11) is 0. The van der Waals surface area contributed by atoms with Crippen molar-refractivity contribution in [2.75, 3.05) is 6.61 Å².